The zero-order valence-electron chi connectivity index (χ0n) is 10.3. The van der Waals surface area contributed by atoms with Crippen LogP contribution in [0.3, 0.4) is 0 Å². The van der Waals surface area contributed by atoms with Crippen molar-refractivity contribution in [3.05, 3.63) is 0 Å². The van der Waals surface area contributed by atoms with Crippen molar-refractivity contribution < 1.29 is 9.53 Å². The molecule has 16 heavy (non-hydrogen) atoms. The molecule has 0 radical (unpaired) electrons. The molecule has 1 fully saturated rings. The predicted octanol–water partition coefficient (Wildman–Crippen LogP) is 0.805. The lowest BCUT2D eigenvalue weighted by Crippen LogP contribution is -2.38. The van der Waals surface area contributed by atoms with E-state index in [0.29, 0.717) is 24.5 Å². The van der Waals surface area contributed by atoms with E-state index in [0.717, 1.165) is 19.6 Å². The summed E-state index contributed by atoms with van der Waals surface area (Å²) in [4.78, 5) is 11.3. The van der Waals surface area contributed by atoms with Gasteiger partial charge in [0.1, 0.15) is 0 Å². The Hall–Kier alpha value is -0.320. The van der Waals surface area contributed by atoms with Crippen LogP contribution < -0.4 is 10.6 Å². The van der Waals surface area contributed by atoms with Gasteiger partial charge in [-0.25, -0.2) is 0 Å². The first-order chi connectivity index (χ1) is 7.15. The Balaban J connectivity index is 0.00000225. The summed E-state index contributed by atoms with van der Waals surface area (Å²) < 4.78 is 5.65. The number of hydrogen-bond acceptors (Lipinski definition) is 3. The first-order valence-corrected chi connectivity index (χ1v) is 5.68. The zero-order chi connectivity index (χ0) is 11.3. The van der Waals surface area contributed by atoms with Gasteiger partial charge >= 0.3 is 0 Å². The molecule has 1 heterocycles. The molecule has 0 spiro atoms. The van der Waals surface area contributed by atoms with Gasteiger partial charge in [-0.1, -0.05) is 13.8 Å². The standard InChI is InChI=1S/C11H22N2O2.ClH/c1-8(2)11-9(4-5-15-11)6-13-10(14)7-12-3;/h8-9,11-12H,4-7H2,1-3H3,(H,13,14);1H. The second-order valence-corrected chi connectivity index (χ2v) is 4.46. The molecule has 1 aliphatic rings. The number of ether oxygens (including phenoxy) is 1. The lowest BCUT2D eigenvalue weighted by molar-refractivity contribution is -0.120. The number of amides is 1. The van der Waals surface area contributed by atoms with Gasteiger partial charge in [0, 0.05) is 19.1 Å². The number of carbonyl (C=O) groups is 1. The van der Waals surface area contributed by atoms with E-state index >= 15 is 0 Å². The highest BCUT2D eigenvalue weighted by Gasteiger charge is 2.30. The Morgan fingerprint density at radius 2 is 2.19 bits per heavy atom. The van der Waals surface area contributed by atoms with E-state index in [1.54, 1.807) is 7.05 Å². The molecule has 1 amide bonds. The van der Waals surface area contributed by atoms with Gasteiger partial charge in [-0.3, -0.25) is 4.79 Å². The van der Waals surface area contributed by atoms with E-state index in [1.807, 2.05) is 0 Å². The number of nitrogens with one attached hydrogen (secondary N) is 2. The fraction of sp³-hybridized carbons (Fsp3) is 0.909. The molecule has 2 N–H and O–H groups in total. The quantitative estimate of drug-likeness (QED) is 0.759. The summed E-state index contributed by atoms with van der Waals surface area (Å²) in [5.41, 5.74) is 0. The van der Waals surface area contributed by atoms with Crippen molar-refractivity contribution >= 4 is 18.3 Å². The van der Waals surface area contributed by atoms with Gasteiger partial charge in [0.2, 0.25) is 5.91 Å². The van der Waals surface area contributed by atoms with Gasteiger partial charge in [0.15, 0.2) is 0 Å². The molecule has 0 aromatic carbocycles. The average molecular weight is 251 g/mol. The largest absolute Gasteiger partial charge is 0.378 e. The minimum Gasteiger partial charge on any atom is -0.378 e. The van der Waals surface area contributed by atoms with Crippen LogP contribution >= 0.6 is 12.4 Å². The molecule has 2 atom stereocenters. The maximum absolute atomic E-state index is 11.3. The Bertz CT molecular complexity index is 212. The van der Waals surface area contributed by atoms with Crippen molar-refractivity contribution in [2.24, 2.45) is 11.8 Å². The van der Waals surface area contributed by atoms with Crippen molar-refractivity contribution in [1.29, 1.82) is 0 Å². The third-order valence-electron chi connectivity index (χ3n) is 2.82. The lowest BCUT2D eigenvalue weighted by Gasteiger charge is -2.22. The Labute approximate surface area is 104 Å². The van der Waals surface area contributed by atoms with Gasteiger partial charge < -0.3 is 15.4 Å². The Morgan fingerprint density at radius 1 is 1.50 bits per heavy atom. The Morgan fingerprint density at radius 3 is 2.75 bits per heavy atom. The SMILES string of the molecule is CNCC(=O)NCC1CCOC1C(C)C.Cl. The molecular weight excluding hydrogens is 228 g/mol. The number of carbonyl (C=O) groups excluding carboxylic acids is 1. The summed E-state index contributed by atoms with van der Waals surface area (Å²) >= 11 is 0. The molecule has 2 unspecified atom stereocenters. The highest BCUT2D eigenvalue weighted by molar-refractivity contribution is 5.85. The predicted molar refractivity (Wildman–Crippen MR) is 66.9 cm³/mol. The van der Waals surface area contributed by atoms with Gasteiger partial charge in [-0.05, 0) is 19.4 Å². The van der Waals surface area contributed by atoms with Crippen molar-refractivity contribution in [2.45, 2.75) is 26.4 Å². The molecule has 1 aliphatic heterocycles. The minimum atomic E-state index is 0. The third-order valence-corrected chi connectivity index (χ3v) is 2.82. The number of halogens is 1. The van der Waals surface area contributed by atoms with Crippen LogP contribution in [0.5, 0.6) is 0 Å². The molecule has 96 valence electrons. The van der Waals surface area contributed by atoms with Gasteiger partial charge in [0.25, 0.3) is 0 Å². The summed E-state index contributed by atoms with van der Waals surface area (Å²) in [5.74, 6) is 1.07. The molecule has 0 aromatic rings. The molecule has 1 rings (SSSR count). The molecular formula is C11H23ClN2O2. The molecule has 5 heteroatoms. The van der Waals surface area contributed by atoms with Crippen LogP contribution in [0.15, 0.2) is 0 Å². The van der Waals surface area contributed by atoms with E-state index in [9.17, 15) is 4.79 Å². The summed E-state index contributed by atoms with van der Waals surface area (Å²) in [6, 6.07) is 0. The summed E-state index contributed by atoms with van der Waals surface area (Å²) in [6.07, 6.45) is 1.36. The number of likely N-dealkylation sites (N-methyl/N-ethyl adjacent to an activating group) is 1. The summed E-state index contributed by atoms with van der Waals surface area (Å²) in [7, 11) is 1.77. The number of hydrogen-bond donors (Lipinski definition) is 2. The number of rotatable bonds is 5. The normalized spacial score (nSPS) is 24.2. The second-order valence-electron chi connectivity index (χ2n) is 4.46. The van der Waals surface area contributed by atoms with E-state index in [-0.39, 0.29) is 18.3 Å². The van der Waals surface area contributed by atoms with Crippen LogP contribution in [-0.4, -0.2) is 38.8 Å². The first kappa shape index (κ1) is 15.7. The van der Waals surface area contributed by atoms with Gasteiger partial charge in [-0.2, -0.15) is 0 Å². The fourth-order valence-electron chi connectivity index (χ4n) is 2.08. The van der Waals surface area contributed by atoms with Crippen molar-refractivity contribution in [2.75, 3.05) is 26.7 Å². The smallest absolute Gasteiger partial charge is 0.233 e. The molecule has 0 bridgehead atoms. The van der Waals surface area contributed by atoms with E-state index in [4.69, 9.17) is 4.74 Å². The summed E-state index contributed by atoms with van der Waals surface area (Å²) in [5, 5.41) is 5.76. The van der Waals surface area contributed by atoms with Crippen molar-refractivity contribution in [1.82, 2.24) is 10.6 Å². The van der Waals surface area contributed by atoms with Crippen LogP contribution in [0.25, 0.3) is 0 Å². The van der Waals surface area contributed by atoms with Crippen LogP contribution in [0.1, 0.15) is 20.3 Å². The van der Waals surface area contributed by atoms with Crippen LogP contribution in [0.4, 0.5) is 0 Å². The molecule has 0 aromatic heterocycles. The summed E-state index contributed by atoms with van der Waals surface area (Å²) in [6.45, 7) is 6.29. The van der Waals surface area contributed by atoms with Crippen LogP contribution in [0.2, 0.25) is 0 Å². The van der Waals surface area contributed by atoms with Crippen molar-refractivity contribution in [3.8, 4) is 0 Å². The zero-order valence-corrected chi connectivity index (χ0v) is 11.1. The maximum Gasteiger partial charge on any atom is 0.233 e. The fourth-order valence-corrected chi connectivity index (χ4v) is 2.08. The van der Waals surface area contributed by atoms with E-state index in [1.165, 1.54) is 0 Å². The molecule has 4 nitrogen and oxygen atoms in total. The Kier molecular flexibility index (Phi) is 7.72. The molecule has 0 saturated carbocycles. The van der Waals surface area contributed by atoms with Crippen molar-refractivity contribution in [3.63, 3.8) is 0 Å². The second kappa shape index (κ2) is 7.87. The monoisotopic (exact) mass is 250 g/mol. The lowest BCUT2D eigenvalue weighted by atomic mass is 9.93. The van der Waals surface area contributed by atoms with Crippen LogP contribution in [-0.2, 0) is 9.53 Å². The average Bonchev–Trinajstić information content (AvgIpc) is 2.63. The third kappa shape index (κ3) is 4.68. The molecule has 1 saturated heterocycles. The minimum absolute atomic E-state index is 0. The highest BCUT2D eigenvalue weighted by atomic mass is 35.5. The maximum atomic E-state index is 11.3. The van der Waals surface area contributed by atoms with Gasteiger partial charge in [-0.15, -0.1) is 12.4 Å². The van der Waals surface area contributed by atoms with E-state index in [2.05, 4.69) is 24.5 Å². The van der Waals surface area contributed by atoms with Gasteiger partial charge in [0.05, 0.1) is 12.6 Å². The first-order valence-electron chi connectivity index (χ1n) is 5.68. The highest BCUT2D eigenvalue weighted by Crippen LogP contribution is 2.25. The molecule has 0 aliphatic carbocycles. The topological polar surface area (TPSA) is 50.4 Å². The van der Waals surface area contributed by atoms with Crippen LogP contribution in [0, 0.1) is 11.8 Å². The van der Waals surface area contributed by atoms with E-state index < -0.39 is 0 Å².